The summed E-state index contributed by atoms with van der Waals surface area (Å²) >= 11 is 1.64. The van der Waals surface area contributed by atoms with Crippen molar-refractivity contribution in [1.29, 1.82) is 0 Å². The molecule has 0 fully saturated rings. The molecule has 0 N–H and O–H groups in total. The van der Waals surface area contributed by atoms with E-state index in [1.54, 1.807) is 15.9 Å². The van der Waals surface area contributed by atoms with E-state index in [4.69, 9.17) is 9.47 Å². The molecule has 8 heteroatoms. The van der Waals surface area contributed by atoms with Crippen LogP contribution in [0, 0.1) is 5.92 Å². The Bertz CT molecular complexity index is 1060. The van der Waals surface area contributed by atoms with Crippen molar-refractivity contribution >= 4 is 23.2 Å². The maximum absolute atomic E-state index is 13.0. The number of hydrogen-bond acceptors (Lipinski definition) is 6. The predicted octanol–water partition coefficient (Wildman–Crippen LogP) is 3.06. The van der Waals surface area contributed by atoms with Crippen molar-refractivity contribution in [2.45, 2.75) is 38.6 Å². The topological polar surface area (TPSA) is 77.8 Å². The van der Waals surface area contributed by atoms with Crippen LogP contribution in [0.4, 0.5) is 0 Å². The van der Waals surface area contributed by atoms with Gasteiger partial charge < -0.3 is 18.9 Å². The number of allylic oxidation sites excluding steroid dienone is 2. The van der Waals surface area contributed by atoms with Crippen molar-refractivity contribution in [3.63, 3.8) is 0 Å². The van der Waals surface area contributed by atoms with Gasteiger partial charge in [0.1, 0.15) is 11.3 Å². The number of hydrogen-bond donors (Lipinski definition) is 0. The number of rotatable bonds is 6. The first kappa shape index (κ1) is 22.3. The monoisotopic (exact) mass is 456 g/mol. The van der Waals surface area contributed by atoms with Gasteiger partial charge in [-0.3, -0.25) is 9.59 Å². The summed E-state index contributed by atoms with van der Waals surface area (Å²) in [4.78, 5) is 41.6. The summed E-state index contributed by atoms with van der Waals surface area (Å²) in [7, 11) is 1.32. The number of pyridine rings is 1. The zero-order valence-corrected chi connectivity index (χ0v) is 19.1. The molecule has 0 bridgehead atoms. The smallest absolute Gasteiger partial charge is 0.343 e. The van der Waals surface area contributed by atoms with Crippen LogP contribution in [0.25, 0.3) is 0 Å². The van der Waals surface area contributed by atoms with Crippen LogP contribution in [0.15, 0.2) is 40.5 Å². The van der Waals surface area contributed by atoms with Crippen molar-refractivity contribution in [3.8, 4) is 5.75 Å². The van der Waals surface area contributed by atoms with Crippen molar-refractivity contribution in [3.05, 3.63) is 62.2 Å². The van der Waals surface area contributed by atoms with Crippen LogP contribution < -0.4 is 10.3 Å². The van der Waals surface area contributed by atoms with Gasteiger partial charge in [-0.1, -0.05) is 18.2 Å². The summed E-state index contributed by atoms with van der Waals surface area (Å²) in [5, 5.41) is 2.00. The molecule has 3 heterocycles. The highest BCUT2D eigenvalue weighted by molar-refractivity contribution is 7.09. The molecule has 1 aliphatic carbocycles. The lowest BCUT2D eigenvalue weighted by molar-refractivity contribution is -0.135. The first-order valence-corrected chi connectivity index (χ1v) is 11.9. The maximum Gasteiger partial charge on any atom is 0.343 e. The number of thiophene rings is 1. The number of aromatic nitrogens is 1. The van der Waals surface area contributed by atoms with Crippen molar-refractivity contribution in [1.82, 2.24) is 9.47 Å². The summed E-state index contributed by atoms with van der Waals surface area (Å²) in [5.41, 5.74) is 0.635. The van der Waals surface area contributed by atoms with E-state index < -0.39 is 5.97 Å². The van der Waals surface area contributed by atoms with E-state index in [0.29, 0.717) is 44.8 Å². The molecule has 1 amide bonds. The van der Waals surface area contributed by atoms with E-state index in [1.165, 1.54) is 18.1 Å². The number of ether oxygens (including phenoxy) is 2. The van der Waals surface area contributed by atoms with E-state index in [2.05, 4.69) is 12.2 Å². The van der Waals surface area contributed by atoms with Gasteiger partial charge in [-0.05, 0) is 30.7 Å². The minimum Gasteiger partial charge on any atom is -0.492 e. The van der Waals surface area contributed by atoms with Crippen LogP contribution in [0.3, 0.4) is 0 Å². The number of methoxy groups -OCH3 is 1. The van der Waals surface area contributed by atoms with Crippen molar-refractivity contribution in [2.75, 3.05) is 26.8 Å². The van der Waals surface area contributed by atoms with E-state index in [1.807, 2.05) is 22.4 Å². The Morgan fingerprint density at radius 1 is 1.22 bits per heavy atom. The lowest BCUT2D eigenvalue weighted by atomic mass is 9.93. The second kappa shape index (κ2) is 10.2. The Morgan fingerprint density at radius 2 is 2.09 bits per heavy atom. The van der Waals surface area contributed by atoms with Crippen molar-refractivity contribution < 1.29 is 19.1 Å². The highest BCUT2D eigenvalue weighted by atomic mass is 32.1. The largest absolute Gasteiger partial charge is 0.492 e. The molecule has 2 aliphatic rings. The SMILES string of the molecule is COC(=O)c1c(OCCc2cccs2)cc(=O)n2c1CCN(C(=O)[C@H]1CC=CCC1)CC2. The summed E-state index contributed by atoms with van der Waals surface area (Å²) in [6.45, 7) is 1.61. The fourth-order valence-corrected chi connectivity index (χ4v) is 5.09. The molecule has 0 radical (unpaired) electrons. The van der Waals surface area contributed by atoms with Crippen molar-refractivity contribution in [2.24, 2.45) is 5.92 Å². The standard InChI is InChI=1S/C24H28N2O5S/c1-30-24(29)22-19-9-11-25(23(28)17-6-3-2-4-7-17)12-13-26(19)21(27)16-20(22)31-14-10-18-8-5-15-32-18/h2-3,5,8,15-17H,4,6-7,9-14H2,1H3/t17-/m0/s1. The van der Waals surface area contributed by atoms with Crippen LogP contribution in [0.2, 0.25) is 0 Å². The van der Waals surface area contributed by atoms with Gasteiger partial charge in [-0.15, -0.1) is 11.3 Å². The average molecular weight is 457 g/mol. The number of amides is 1. The Kier molecular flexibility index (Phi) is 7.09. The molecule has 0 spiro atoms. The molecule has 170 valence electrons. The minimum atomic E-state index is -0.530. The number of carbonyl (C=O) groups excluding carboxylic acids is 2. The number of nitrogens with zero attached hydrogens (tertiary/aromatic N) is 2. The quantitative estimate of drug-likeness (QED) is 0.493. The van der Waals surface area contributed by atoms with E-state index in [0.717, 1.165) is 19.3 Å². The third-order valence-electron chi connectivity index (χ3n) is 6.10. The van der Waals surface area contributed by atoms with E-state index >= 15 is 0 Å². The summed E-state index contributed by atoms with van der Waals surface area (Å²) in [5.74, 6) is -0.157. The third kappa shape index (κ3) is 4.80. The van der Waals surface area contributed by atoms with Gasteiger partial charge in [0.15, 0.2) is 0 Å². The Labute approximate surface area is 191 Å². The zero-order valence-electron chi connectivity index (χ0n) is 18.2. The summed E-state index contributed by atoms with van der Waals surface area (Å²) in [6.07, 6.45) is 7.81. The number of fused-ring (bicyclic) bond motifs is 1. The minimum absolute atomic E-state index is 0.00541. The molecule has 0 saturated heterocycles. The lowest BCUT2D eigenvalue weighted by Gasteiger charge is -2.26. The number of carbonyl (C=O) groups is 2. The van der Waals surface area contributed by atoms with Gasteiger partial charge in [-0.25, -0.2) is 4.79 Å². The maximum atomic E-state index is 13.0. The molecule has 0 unspecified atom stereocenters. The molecule has 32 heavy (non-hydrogen) atoms. The first-order valence-electron chi connectivity index (χ1n) is 11.0. The number of esters is 1. The van der Waals surface area contributed by atoms with Crippen LogP contribution >= 0.6 is 11.3 Å². The van der Waals surface area contributed by atoms with Crippen LogP contribution in [0.5, 0.6) is 5.75 Å². The normalized spacial score (nSPS) is 18.0. The molecular formula is C24H28N2O5S. The second-order valence-corrected chi connectivity index (χ2v) is 9.08. The summed E-state index contributed by atoms with van der Waals surface area (Å²) in [6, 6.07) is 5.37. The molecule has 7 nitrogen and oxygen atoms in total. The van der Waals surface area contributed by atoms with Gasteiger partial charge in [0.05, 0.1) is 13.7 Å². The third-order valence-corrected chi connectivity index (χ3v) is 7.04. The Morgan fingerprint density at radius 3 is 2.81 bits per heavy atom. The zero-order chi connectivity index (χ0) is 22.5. The summed E-state index contributed by atoms with van der Waals surface area (Å²) < 4.78 is 12.5. The van der Waals surface area contributed by atoms with Gasteiger partial charge in [0.2, 0.25) is 5.91 Å². The van der Waals surface area contributed by atoms with E-state index in [9.17, 15) is 14.4 Å². The molecule has 2 aromatic rings. The predicted molar refractivity (Wildman–Crippen MR) is 122 cm³/mol. The van der Waals surface area contributed by atoms with Crippen LogP contribution in [-0.4, -0.2) is 48.1 Å². The van der Waals surface area contributed by atoms with Crippen LogP contribution in [0.1, 0.15) is 40.2 Å². The van der Waals surface area contributed by atoms with Gasteiger partial charge >= 0.3 is 5.97 Å². The van der Waals surface area contributed by atoms with Gasteiger partial charge in [0.25, 0.3) is 5.56 Å². The Balaban J connectivity index is 1.56. The van der Waals surface area contributed by atoms with E-state index in [-0.39, 0.29) is 28.7 Å². The molecule has 2 aromatic heterocycles. The fraction of sp³-hybridized carbons (Fsp3) is 0.458. The highest BCUT2D eigenvalue weighted by Gasteiger charge is 2.30. The molecule has 0 aromatic carbocycles. The van der Waals surface area contributed by atoms with Gasteiger partial charge in [-0.2, -0.15) is 0 Å². The first-order chi connectivity index (χ1) is 15.6. The highest BCUT2D eigenvalue weighted by Crippen LogP contribution is 2.26. The lowest BCUT2D eigenvalue weighted by Crippen LogP contribution is -2.38. The molecule has 1 atom stereocenters. The van der Waals surface area contributed by atoms with Crippen LogP contribution in [-0.2, 0) is 28.9 Å². The van der Waals surface area contributed by atoms with Gasteiger partial charge in [0, 0.05) is 55.0 Å². The molecule has 0 saturated carbocycles. The second-order valence-electron chi connectivity index (χ2n) is 8.05. The molecule has 4 rings (SSSR count). The average Bonchev–Trinajstić information content (AvgIpc) is 3.23. The Hall–Kier alpha value is -2.87. The molecular weight excluding hydrogens is 428 g/mol. The molecule has 1 aliphatic heterocycles. The fourth-order valence-electron chi connectivity index (χ4n) is 4.40.